The summed E-state index contributed by atoms with van der Waals surface area (Å²) in [6, 6.07) is 18.9. The predicted molar refractivity (Wildman–Crippen MR) is 175 cm³/mol. The smallest absolute Gasteiger partial charge is 0.408 e. The molecular weight excluding hydrogens is 622 g/mol. The topological polar surface area (TPSA) is 179 Å². The lowest BCUT2D eigenvalue weighted by atomic mass is 10.0. The Hall–Kier alpha value is -5.59. The summed E-state index contributed by atoms with van der Waals surface area (Å²) < 4.78 is 20.7. The minimum atomic E-state index is -1.03. The molecule has 3 amide bonds. The first-order valence-electron chi connectivity index (χ1n) is 15.3. The lowest BCUT2D eigenvalue weighted by Crippen LogP contribution is -2.49. The fourth-order valence-electron chi connectivity index (χ4n) is 4.28. The Balaban J connectivity index is 1.53. The van der Waals surface area contributed by atoms with Crippen LogP contribution < -0.4 is 20.7 Å². The van der Waals surface area contributed by atoms with Gasteiger partial charge in [0, 0.05) is 18.7 Å². The van der Waals surface area contributed by atoms with Crippen molar-refractivity contribution in [3.05, 3.63) is 89.5 Å². The van der Waals surface area contributed by atoms with E-state index in [0.717, 1.165) is 5.56 Å². The van der Waals surface area contributed by atoms with Gasteiger partial charge in [0.05, 0.1) is 13.7 Å². The number of anilines is 1. The van der Waals surface area contributed by atoms with Gasteiger partial charge in [-0.3, -0.25) is 9.59 Å². The van der Waals surface area contributed by atoms with Crippen LogP contribution in [0.5, 0.6) is 11.5 Å². The lowest BCUT2D eigenvalue weighted by Gasteiger charge is -2.23. The SMILES string of the molecule is COC(=O)c1c(O)cccc1OCCCCNC(=O)[C@H](Cc1ccc(NC(=O)C(=O)OCc2ccccc2)cc1)NC(=O)OC(C)(C)C. The number of carbonyl (C=O) groups is 5. The highest BCUT2D eigenvalue weighted by atomic mass is 16.6. The number of esters is 2. The van der Waals surface area contributed by atoms with Crippen LogP contribution in [-0.4, -0.2) is 66.9 Å². The summed E-state index contributed by atoms with van der Waals surface area (Å²) in [7, 11) is 1.20. The molecule has 3 aromatic carbocycles. The van der Waals surface area contributed by atoms with Crippen LogP contribution in [0.2, 0.25) is 0 Å². The number of ether oxygens (including phenoxy) is 4. The Labute approximate surface area is 278 Å². The minimum absolute atomic E-state index is 0.0368. The predicted octanol–water partition coefficient (Wildman–Crippen LogP) is 4.27. The van der Waals surface area contributed by atoms with Crippen molar-refractivity contribution in [1.82, 2.24) is 10.6 Å². The standard InChI is InChI=1S/C35H41N3O10/c1-35(2,3)48-34(44)38-26(30(40)36-19-8-9-20-46-28-14-10-13-27(39)29(28)32(42)45-4)21-23-15-17-25(18-16-23)37-31(41)33(43)47-22-24-11-6-5-7-12-24/h5-7,10-18,26,39H,8-9,19-22H2,1-4H3,(H,36,40)(H,37,41)(H,38,44)/t26-/m0/s1. The first kappa shape index (κ1) is 36.9. The van der Waals surface area contributed by atoms with Gasteiger partial charge in [-0.2, -0.15) is 0 Å². The van der Waals surface area contributed by atoms with Crippen LogP contribution in [0.15, 0.2) is 72.8 Å². The lowest BCUT2D eigenvalue weighted by molar-refractivity contribution is -0.153. The number of methoxy groups -OCH3 is 1. The Kier molecular flexibility index (Phi) is 13.8. The molecule has 3 rings (SSSR count). The Morgan fingerprint density at radius 2 is 1.56 bits per heavy atom. The highest BCUT2D eigenvalue weighted by Gasteiger charge is 2.25. The monoisotopic (exact) mass is 663 g/mol. The molecule has 1 atom stereocenters. The number of unbranched alkanes of at least 4 members (excludes halogenated alkanes) is 1. The van der Waals surface area contributed by atoms with Crippen molar-refractivity contribution in [2.75, 3.05) is 25.6 Å². The second-order valence-electron chi connectivity index (χ2n) is 11.6. The number of benzene rings is 3. The average molecular weight is 664 g/mol. The van der Waals surface area contributed by atoms with E-state index in [0.29, 0.717) is 24.1 Å². The molecule has 0 radical (unpaired) electrons. The van der Waals surface area contributed by atoms with E-state index in [1.54, 1.807) is 81.4 Å². The number of rotatable bonds is 14. The quantitative estimate of drug-likeness (QED) is 0.0843. The van der Waals surface area contributed by atoms with Gasteiger partial charge in [0.2, 0.25) is 5.91 Å². The number of hydrogen-bond acceptors (Lipinski definition) is 10. The number of phenolic OH excluding ortho intramolecular Hbond substituents is 1. The number of hydrogen-bond donors (Lipinski definition) is 4. The van der Waals surface area contributed by atoms with Crippen LogP contribution in [0, 0.1) is 0 Å². The van der Waals surface area contributed by atoms with Crippen LogP contribution in [0.25, 0.3) is 0 Å². The molecule has 0 fully saturated rings. The molecule has 0 unspecified atom stereocenters. The van der Waals surface area contributed by atoms with E-state index in [-0.39, 0.29) is 43.2 Å². The van der Waals surface area contributed by atoms with Crippen LogP contribution in [0.3, 0.4) is 0 Å². The summed E-state index contributed by atoms with van der Waals surface area (Å²) in [5.41, 5.74) is 0.901. The Bertz CT molecular complexity index is 1550. The average Bonchev–Trinajstić information content (AvgIpc) is 3.05. The Morgan fingerprint density at radius 3 is 2.23 bits per heavy atom. The third kappa shape index (κ3) is 12.3. The fourth-order valence-corrected chi connectivity index (χ4v) is 4.28. The van der Waals surface area contributed by atoms with Crippen molar-refractivity contribution in [3.63, 3.8) is 0 Å². The molecule has 13 nitrogen and oxygen atoms in total. The van der Waals surface area contributed by atoms with Gasteiger partial charge in [0.15, 0.2) is 0 Å². The van der Waals surface area contributed by atoms with E-state index >= 15 is 0 Å². The third-order valence-corrected chi connectivity index (χ3v) is 6.58. The van der Waals surface area contributed by atoms with Gasteiger partial charge in [-0.05, 0) is 69.0 Å². The highest BCUT2D eigenvalue weighted by Crippen LogP contribution is 2.28. The van der Waals surface area contributed by atoms with Crippen molar-refractivity contribution in [2.24, 2.45) is 0 Å². The maximum absolute atomic E-state index is 13.1. The minimum Gasteiger partial charge on any atom is -0.507 e. The van der Waals surface area contributed by atoms with Crippen LogP contribution in [-0.2, 0) is 41.6 Å². The molecule has 3 aromatic rings. The normalized spacial score (nSPS) is 11.4. The fraction of sp³-hybridized carbons (Fsp3) is 0.343. The highest BCUT2D eigenvalue weighted by molar-refractivity contribution is 6.37. The maximum Gasteiger partial charge on any atom is 0.408 e. The molecule has 0 heterocycles. The molecule has 0 saturated carbocycles. The second-order valence-corrected chi connectivity index (χ2v) is 11.6. The molecule has 0 spiro atoms. The molecule has 0 aliphatic rings. The summed E-state index contributed by atoms with van der Waals surface area (Å²) in [5, 5.41) is 17.9. The Morgan fingerprint density at radius 1 is 0.854 bits per heavy atom. The molecule has 48 heavy (non-hydrogen) atoms. The molecule has 0 aliphatic carbocycles. The van der Waals surface area contributed by atoms with E-state index in [1.807, 2.05) is 6.07 Å². The first-order chi connectivity index (χ1) is 22.9. The number of nitrogens with one attached hydrogen (secondary N) is 3. The van der Waals surface area contributed by atoms with E-state index in [2.05, 4.69) is 16.0 Å². The van der Waals surface area contributed by atoms with Gasteiger partial charge >= 0.3 is 23.9 Å². The van der Waals surface area contributed by atoms with Gasteiger partial charge in [0.25, 0.3) is 0 Å². The van der Waals surface area contributed by atoms with Crippen molar-refractivity contribution < 1.29 is 48.0 Å². The van der Waals surface area contributed by atoms with Gasteiger partial charge in [-0.1, -0.05) is 48.5 Å². The zero-order valence-electron chi connectivity index (χ0n) is 27.4. The molecular formula is C35H41N3O10. The van der Waals surface area contributed by atoms with Gasteiger partial charge in [0.1, 0.15) is 35.3 Å². The second kappa shape index (κ2) is 17.9. The number of alkyl carbamates (subject to hydrolysis) is 1. The van der Waals surface area contributed by atoms with E-state index < -0.39 is 41.5 Å². The van der Waals surface area contributed by atoms with Gasteiger partial charge in [-0.25, -0.2) is 14.4 Å². The maximum atomic E-state index is 13.1. The van der Waals surface area contributed by atoms with Crippen molar-refractivity contribution in [1.29, 1.82) is 0 Å². The van der Waals surface area contributed by atoms with Gasteiger partial charge < -0.3 is 40.0 Å². The summed E-state index contributed by atoms with van der Waals surface area (Å²) in [4.78, 5) is 62.1. The van der Waals surface area contributed by atoms with E-state index in [1.165, 1.54) is 13.2 Å². The number of carbonyl (C=O) groups excluding carboxylic acids is 5. The summed E-state index contributed by atoms with van der Waals surface area (Å²) in [6.45, 7) is 5.56. The molecule has 0 aliphatic heterocycles. The van der Waals surface area contributed by atoms with Crippen molar-refractivity contribution >= 4 is 35.5 Å². The number of aromatic hydroxyl groups is 1. The third-order valence-electron chi connectivity index (χ3n) is 6.58. The number of phenols is 1. The van der Waals surface area contributed by atoms with Crippen molar-refractivity contribution in [2.45, 2.75) is 58.3 Å². The van der Waals surface area contributed by atoms with Crippen LogP contribution in [0.1, 0.15) is 55.1 Å². The summed E-state index contributed by atoms with van der Waals surface area (Å²) in [5.74, 6) is -3.20. The largest absolute Gasteiger partial charge is 0.507 e. The van der Waals surface area contributed by atoms with Crippen LogP contribution >= 0.6 is 0 Å². The zero-order valence-corrected chi connectivity index (χ0v) is 27.4. The first-order valence-corrected chi connectivity index (χ1v) is 15.3. The zero-order chi connectivity index (χ0) is 35.1. The number of amides is 3. The van der Waals surface area contributed by atoms with E-state index in [4.69, 9.17) is 18.9 Å². The molecule has 13 heteroatoms. The van der Waals surface area contributed by atoms with E-state index in [9.17, 15) is 29.1 Å². The summed E-state index contributed by atoms with van der Waals surface area (Å²) >= 11 is 0. The molecule has 0 aromatic heterocycles. The summed E-state index contributed by atoms with van der Waals surface area (Å²) in [6.07, 6.45) is 0.365. The molecule has 4 N–H and O–H groups in total. The molecule has 256 valence electrons. The molecule has 0 bridgehead atoms. The van der Waals surface area contributed by atoms with Crippen LogP contribution in [0.4, 0.5) is 10.5 Å². The molecule has 0 saturated heterocycles. The van der Waals surface area contributed by atoms with Crippen molar-refractivity contribution in [3.8, 4) is 11.5 Å². The van der Waals surface area contributed by atoms with Gasteiger partial charge in [-0.15, -0.1) is 0 Å².